The van der Waals surface area contributed by atoms with Crippen LogP contribution >= 0.6 is 0 Å². The molecular formula is C15H21N3O2. The van der Waals surface area contributed by atoms with Crippen molar-refractivity contribution in [2.24, 2.45) is 0 Å². The predicted octanol–water partition coefficient (Wildman–Crippen LogP) is 0.666. The molecule has 0 aromatic carbocycles. The third-order valence-corrected chi connectivity index (χ3v) is 4.31. The number of fused-ring (bicyclic) bond motifs is 1. The molecule has 1 aromatic rings. The number of likely N-dealkylation sites (tertiary alicyclic amines) is 1. The maximum absolute atomic E-state index is 12.7. The number of piperidine rings is 1. The molecule has 2 aliphatic rings. The van der Waals surface area contributed by atoms with Gasteiger partial charge in [-0.3, -0.25) is 9.78 Å². The molecule has 1 amide bonds. The topological polar surface area (TPSA) is 56.7 Å². The van der Waals surface area contributed by atoms with E-state index in [1.807, 2.05) is 11.1 Å². The molecule has 2 aliphatic heterocycles. The Hall–Kier alpha value is -1.46. The zero-order valence-corrected chi connectivity index (χ0v) is 11.9. The summed E-state index contributed by atoms with van der Waals surface area (Å²) in [6.45, 7) is 3.13. The molecule has 0 atom stereocenters. The van der Waals surface area contributed by atoms with Gasteiger partial charge in [0.05, 0.1) is 11.7 Å². The Morgan fingerprint density at radius 3 is 2.80 bits per heavy atom. The second-order valence-electron chi connectivity index (χ2n) is 5.84. The first-order valence-electron chi connectivity index (χ1n) is 7.27. The van der Waals surface area contributed by atoms with Crippen molar-refractivity contribution in [1.82, 2.24) is 14.8 Å². The second kappa shape index (κ2) is 5.50. The molecule has 0 unspecified atom stereocenters. The highest BCUT2D eigenvalue weighted by Gasteiger charge is 2.26. The van der Waals surface area contributed by atoms with Gasteiger partial charge in [0, 0.05) is 38.6 Å². The molecule has 5 heteroatoms. The first-order valence-corrected chi connectivity index (χ1v) is 7.27. The summed E-state index contributed by atoms with van der Waals surface area (Å²) in [5, 5.41) is 9.54. The molecule has 1 fully saturated rings. The van der Waals surface area contributed by atoms with Gasteiger partial charge in [-0.25, -0.2) is 0 Å². The van der Waals surface area contributed by atoms with Gasteiger partial charge < -0.3 is 14.9 Å². The van der Waals surface area contributed by atoms with Crippen molar-refractivity contribution in [3.63, 3.8) is 0 Å². The van der Waals surface area contributed by atoms with E-state index in [4.69, 9.17) is 0 Å². The number of rotatable bonds is 1. The number of pyridine rings is 1. The van der Waals surface area contributed by atoms with E-state index >= 15 is 0 Å². The highest BCUT2D eigenvalue weighted by molar-refractivity contribution is 5.95. The summed E-state index contributed by atoms with van der Waals surface area (Å²) in [5.74, 6) is 0.0748. The molecule has 0 bridgehead atoms. The zero-order valence-electron chi connectivity index (χ0n) is 11.9. The lowest BCUT2D eigenvalue weighted by Gasteiger charge is -2.31. The van der Waals surface area contributed by atoms with E-state index in [0.717, 1.165) is 30.6 Å². The fourth-order valence-corrected chi connectivity index (χ4v) is 3.06. The molecule has 1 N–H and O–H groups in total. The maximum atomic E-state index is 12.7. The van der Waals surface area contributed by atoms with Gasteiger partial charge in [-0.15, -0.1) is 0 Å². The highest BCUT2D eigenvalue weighted by Crippen LogP contribution is 2.23. The number of hydrogen-bond acceptors (Lipinski definition) is 4. The first-order chi connectivity index (χ1) is 9.65. The first kappa shape index (κ1) is 13.5. The number of aliphatic hydroxyl groups is 1. The fraction of sp³-hybridized carbons (Fsp3) is 0.600. The standard InChI is InChI=1S/C15H21N3O2/c1-17-5-4-13-11(10-17)8-16-9-14(13)15(20)18-6-2-12(19)3-7-18/h8-9,12,19H,2-7,10H2,1H3. The highest BCUT2D eigenvalue weighted by atomic mass is 16.3. The second-order valence-corrected chi connectivity index (χ2v) is 5.84. The average Bonchev–Trinajstić information content (AvgIpc) is 2.46. The SMILES string of the molecule is CN1CCc2c(cncc2C(=O)N2CCC(O)CC2)C1. The summed E-state index contributed by atoms with van der Waals surface area (Å²) < 4.78 is 0. The minimum Gasteiger partial charge on any atom is -0.393 e. The third kappa shape index (κ3) is 2.55. The van der Waals surface area contributed by atoms with Gasteiger partial charge in [0.2, 0.25) is 0 Å². The molecule has 3 rings (SSSR count). The molecule has 0 radical (unpaired) electrons. The third-order valence-electron chi connectivity index (χ3n) is 4.31. The Balaban J connectivity index is 1.83. The van der Waals surface area contributed by atoms with Gasteiger partial charge in [0.25, 0.3) is 5.91 Å². The van der Waals surface area contributed by atoms with Crippen molar-refractivity contribution < 1.29 is 9.90 Å². The lowest BCUT2D eigenvalue weighted by atomic mass is 9.96. The quantitative estimate of drug-likeness (QED) is 0.818. The Bertz CT molecular complexity index is 510. The van der Waals surface area contributed by atoms with Crippen LogP contribution in [0.4, 0.5) is 0 Å². The minimum absolute atomic E-state index is 0.0748. The Morgan fingerprint density at radius 1 is 1.30 bits per heavy atom. The van der Waals surface area contributed by atoms with Crippen molar-refractivity contribution in [2.75, 3.05) is 26.7 Å². The number of nitrogens with zero attached hydrogens (tertiary/aromatic N) is 3. The summed E-state index contributed by atoms with van der Waals surface area (Å²) in [6.07, 6.45) is 5.59. The average molecular weight is 275 g/mol. The zero-order chi connectivity index (χ0) is 14.1. The van der Waals surface area contributed by atoms with Crippen LogP contribution in [0.2, 0.25) is 0 Å². The van der Waals surface area contributed by atoms with Gasteiger partial charge >= 0.3 is 0 Å². The largest absolute Gasteiger partial charge is 0.393 e. The molecule has 0 spiro atoms. The lowest BCUT2D eigenvalue weighted by Crippen LogP contribution is -2.41. The van der Waals surface area contributed by atoms with Gasteiger partial charge in [-0.05, 0) is 37.4 Å². The molecule has 5 nitrogen and oxygen atoms in total. The smallest absolute Gasteiger partial charge is 0.255 e. The van der Waals surface area contributed by atoms with E-state index in [1.54, 1.807) is 6.20 Å². The molecule has 20 heavy (non-hydrogen) atoms. The van der Waals surface area contributed by atoms with E-state index in [9.17, 15) is 9.90 Å². The summed E-state index contributed by atoms with van der Waals surface area (Å²) in [6, 6.07) is 0. The monoisotopic (exact) mass is 275 g/mol. The Labute approximate surface area is 119 Å². The van der Waals surface area contributed by atoms with Crippen LogP contribution in [0.25, 0.3) is 0 Å². The van der Waals surface area contributed by atoms with Gasteiger partial charge in [-0.1, -0.05) is 0 Å². The van der Waals surface area contributed by atoms with Crippen LogP contribution in [0.5, 0.6) is 0 Å². The van der Waals surface area contributed by atoms with Crippen molar-refractivity contribution in [1.29, 1.82) is 0 Å². The van der Waals surface area contributed by atoms with Gasteiger partial charge in [-0.2, -0.15) is 0 Å². The van der Waals surface area contributed by atoms with Crippen molar-refractivity contribution in [3.8, 4) is 0 Å². The van der Waals surface area contributed by atoms with Crippen LogP contribution in [-0.4, -0.2) is 58.6 Å². The number of likely N-dealkylation sites (N-methyl/N-ethyl adjacent to an activating group) is 1. The molecule has 1 saturated heterocycles. The van der Waals surface area contributed by atoms with Crippen LogP contribution in [0.1, 0.15) is 34.3 Å². The number of aromatic nitrogens is 1. The fourth-order valence-electron chi connectivity index (χ4n) is 3.06. The maximum Gasteiger partial charge on any atom is 0.255 e. The number of aliphatic hydroxyl groups excluding tert-OH is 1. The Kier molecular flexibility index (Phi) is 3.72. The van der Waals surface area contributed by atoms with Crippen LogP contribution in [0.3, 0.4) is 0 Å². The van der Waals surface area contributed by atoms with Crippen LogP contribution in [0, 0.1) is 0 Å². The summed E-state index contributed by atoms with van der Waals surface area (Å²) in [7, 11) is 2.09. The van der Waals surface area contributed by atoms with E-state index in [-0.39, 0.29) is 12.0 Å². The van der Waals surface area contributed by atoms with E-state index in [2.05, 4.69) is 16.9 Å². The minimum atomic E-state index is -0.254. The van der Waals surface area contributed by atoms with Crippen molar-refractivity contribution in [2.45, 2.75) is 31.9 Å². The van der Waals surface area contributed by atoms with E-state index in [0.29, 0.717) is 25.9 Å². The molecule has 0 saturated carbocycles. The molecule has 0 aliphatic carbocycles. The lowest BCUT2D eigenvalue weighted by molar-refractivity contribution is 0.0544. The van der Waals surface area contributed by atoms with Crippen LogP contribution < -0.4 is 0 Å². The summed E-state index contributed by atoms with van der Waals surface area (Å²) in [5.41, 5.74) is 3.09. The Morgan fingerprint density at radius 2 is 2.05 bits per heavy atom. The van der Waals surface area contributed by atoms with Crippen LogP contribution in [0.15, 0.2) is 12.4 Å². The molecule has 3 heterocycles. The molecule has 108 valence electrons. The van der Waals surface area contributed by atoms with Gasteiger partial charge in [0.15, 0.2) is 0 Å². The van der Waals surface area contributed by atoms with E-state index in [1.165, 1.54) is 5.56 Å². The molecular weight excluding hydrogens is 254 g/mol. The summed E-state index contributed by atoms with van der Waals surface area (Å²) in [4.78, 5) is 21.0. The van der Waals surface area contributed by atoms with Crippen molar-refractivity contribution in [3.05, 3.63) is 29.1 Å². The van der Waals surface area contributed by atoms with E-state index < -0.39 is 0 Å². The normalized spacial score (nSPS) is 20.8. The van der Waals surface area contributed by atoms with Gasteiger partial charge in [0.1, 0.15) is 0 Å². The predicted molar refractivity (Wildman–Crippen MR) is 75.4 cm³/mol. The van der Waals surface area contributed by atoms with Crippen LogP contribution in [-0.2, 0) is 13.0 Å². The molecule has 1 aromatic heterocycles. The number of carbonyl (C=O) groups is 1. The number of hydrogen-bond donors (Lipinski definition) is 1. The number of amides is 1. The number of carbonyl (C=O) groups excluding carboxylic acids is 1. The van der Waals surface area contributed by atoms with Crippen molar-refractivity contribution >= 4 is 5.91 Å². The summed E-state index contributed by atoms with van der Waals surface area (Å²) >= 11 is 0.